The van der Waals surface area contributed by atoms with Gasteiger partial charge in [0.05, 0.1) is 24.7 Å². The Kier molecular flexibility index (Phi) is 5.96. The SMILES string of the molecule is CC(=NCC(=O)c1ccc(-c2nn[nH]n2)s1)c1csc(-c2ccc(Cl)c(Cl)c2)c1O. The summed E-state index contributed by atoms with van der Waals surface area (Å²) >= 11 is 14.7. The van der Waals surface area contributed by atoms with Crippen LogP contribution in [0.4, 0.5) is 0 Å². The lowest BCUT2D eigenvalue weighted by atomic mass is 10.1. The Morgan fingerprint density at radius 3 is 2.80 bits per heavy atom. The maximum Gasteiger partial charge on any atom is 0.214 e. The van der Waals surface area contributed by atoms with Gasteiger partial charge in [-0.15, -0.1) is 32.9 Å². The largest absolute Gasteiger partial charge is 0.506 e. The average Bonchev–Trinajstić information content (AvgIpc) is 3.48. The fraction of sp³-hybridized carbons (Fsp3) is 0.105. The molecular formula is C19H13Cl2N5O2S2. The molecule has 0 aliphatic rings. The Morgan fingerprint density at radius 1 is 1.23 bits per heavy atom. The maximum atomic E-state index is 12.5. The summed E-state index contributed by atoms with van der Waals surface area (Å²) in [6.07, 6.45) is 0. The van der Waals surface area contributed by atoms with Gasteiger partial charge in [-0.2, -0.15) is 5.21 Å². The number of hydrogen-bond acceptors (Lipinski definition) is 8. The second-order valence-corrected chi connectivity index (χ2v) is 8.96. The monoisotopic (exact) mass is 477 g/mol. The molecule has 4 aromatic rings. The summed E-state index contributed by atoms with van der Waals surface area (Å²) < 4.78 is 0. The lowest BCUT2D eigenvalue weighted by Crippen LogP contribution is -2.04. The second-order valence-electron chi connectivity index (χ2n) is 6.18. The molecule has 3 aromatic heterocycles. The van der Waals surface area contributed by atoms with E-state index in [0.717, 1.165) is 10.4 Å². The van der Waals surface area contributed by atoms with E-state index >= 15 is 0 Å². The third-order valence-electron chi connectivity index (χ3n) is 4.24. The predicted octanol–water partition coefficient (Wildman–Crippen LogP) is 5.36. The lowest BCUT2D eigenvalue weighted by molar-refractivity contribution is 0.101. The molecule has 4 rings (SSSR count). The number of nitrogens with zero attached hydrogens (tertiary/aromatic N) is 4. The van der Waals surface area contributed by atoms with E-state index in [2.05, 4.69) is 25.6 Å². The molecule has 3 heterocycles. The zero-order valence-corrected chi connectivity index (χ0v) is 18.5. The van der Waals surface area contributed by atoms with E-state index in [0.29, 0.717) is 36.9 Å². The van der Waals surface area contributed by atoms with Gasteiger partial charge in [-0.3, -0.25) is 9.79 Å². The average molecular weight is 478 g/mol. The van der Waals surface area contributed by atoms with Crippen molar-refractivity contribution >= 4 is 57.4 Å². The number of hydrogen-bond donors (Lipinski definition) is 2. The highest BCUT2D eigenvalue weighted by atomic mass is 35.5. The van der Waals surface area contributed by atoms with Crippen molar-refractivity contribution in [3.63, 3.8) is 0 Å². The number of nitrogens with one attached hydrogen (secondary N) is 1. The van der Waals surface area contributed by atoms with Gasteiger partial charge in [-0.05, 0) is 42.0 Å². The van der Waals surface area contributed by atoms with Crippen molar-refractivity contribution in [2.45, 2.75) is 6.92 Å². The number of aromatic amines is 1. The van der Waals surface area contributed by atoms with Crippen LogP contribution in [0.15, 0.2) is 40.7 Å². The van der Waals surface area contributed by atoms with E-state index in [9.17, 15) is 9.90 Å². The minimum absolute atomic E-state index is 0.0323. The molecule has 0 saturated heterocycles. The second kappa shape index (κ2) is 8.65. The van der Waals surface area contributed by atoms with Gasteiger partial charge in [0, 0.05) is 16.7 Å². The third-order valence-corrected chi connectivity index (χ3v) is 7.12. The van der Waals surface area contributed by atoms with Gasteiger partial charge in [0.25, 0.3) is 0 Å². The van der Waals surface area contributed by atoms with Crippen LogP contribution < -0.4 is 0 Å². The van der Waals surface area contributed by atoms with Gasteiger partial charge < -0.3 is 5.11 Å². The number of aromatic hydroxyl groups is 1. The minimum Gasteiger partial charge on any atom is -0.506 e. The molecule has 0 bridgehead atoms. The summed E-state index contributed by atoms with van der Waals surface area (Å²) in [5, 5.41) is 27.0. The number of ketones is 1. The van der Waals surface area contributed by atoms with Gasteiger partial charge in [-0.25, -0.2) is 0 Å². The van der Waals surface area contributed by atoms with Gasteiger partial charge in [0.1, 0.15) is 12.3 Å². The first-order chi connectivity index (χ1) is 14.4. The van der Waals surface area contributed by atoms with E-state index < -0.39 is 0 Å². The van der Waals surface area contributed by atoms with E-state index in [4.69, 9.17) is 23.2 Å². The first kappa shape index (κ1) is 20.7. The van der Waals surface area contributed by atoms with Crippen LogP contribution in [0.2, 0.25) is 10.0 Å². The first-order valence-electron chi connectivity index (χ1n) is 8.58. The summed E-state index contributed by atoms with van der Waals surface area (Å²) in [7, 11) is 0. The number of rotatable bonds is 6. The first-order valence-corrected chi connectivity index (χ1v) is 11.0. The van der Waals surface area contributed by atoms with Gasteiger partial charge >= 0.3 is 0 Å². The number of carbonyl (C=O) groups is 1. The summed E-state index contributed by atoms with van der Waals surface area (Å²) in [5.74, 6) is 0.410. The molecule has 0 fully saturated rings. The fourth-order valence-electron chi connectivity index (χ4n) is 2.68. The van der Waals surface area contributed by atoms with Crippen LogP contribution in [0.5, 0.6) is 5.75 Å². The Morgan fingerprint density at radius 2 is 2.07 bits per heavy atom. The molecule has 0 radical (unpaired) electrons. The molecule has 0 unspecified atom stereocenters. The van der Waals surface area contributed by atoms with Crippen molar-refractivity contribution in [1.29, 1.82) is 0 Å². The lowest BCUT2D eigenvalue weighted by Gasteiger charge is -2.03. The van der Waals surface area contributed by atoms with E-state index in [1.807, 2.05) is 0 Å². The molecule has 0 amide bonds. The predicted molar refractivity (Wildman–Crippen MR) is 120 cm³/mol. The molecule has 1 aromatic carbocycles. The van der Waals surface area contributed by atoms with Crippen LogP contribution in [0.1, 0.15) is 22.2 Å². The molecule has 0 aliphatic carbocycles. The standard InChI is InChI=1S/C19H13Cl2N5O2S2/c1-9(11-8-29-18(17(11)28)10-2-3-12(20)13(21)6-10)22-7-14(27)15-4-5-16(30-15)19-23-25-26-24-19/h2-6,8,28H,7H2,1H3,(H,23,24,25,26). The summed E-state index contributed by atoms with van der Waals surface area (Å²) in [6, 6.07) is 8.66. The third kappa shape index (κ3) is 4.15. The Hall–Kier alpha value is -2.59. The van der Waals surface area contributed by atoms with Gasteiger partial charge in [0.2, 0.25) is 5.82 Å². The molecule has 0 spiro atoms. The Labute approximate surface area is 189 Å². The number of Topliss-reactive ketones (excluding diaryl/α,β-unsaturated/α-hetero) is 1. The van der Waals surface area contributed by atoms with Crippen molar-refractivity contribution in [2.75, 3.05) is 6.54 Å². The molecule has 30 heavy (non-hydrogen) atoms. The minimum atomic E-state index is -0.131. The number of aromatic nitrogens is 4. The maximum absolute atomic E-state index is 12.5. The van der Waals surface area contributed by atoms with E-state index in [1.54, 1.807) is 42.6 Å². The summed E-state index contributed by atoms with van der Waals surface area (Å²) in [6.45, 7) is 1.72. The van der Waals surface area contributed by atoms with Crippen LogP contribution in [0.3, 0.4) is 0 Å². The number of halogens is 2. The molecule has 152 valence electrons. The quantitative estimate of drug-likeness (QED) is 0.287. The van der Waals surface area contributed by atoms with E-state index in [-0.39, 0.29) is 18.1 Å². The van der Waals surface area contributed by atoms with Crippen molar-refractivity contribution < 1.29 is 9.90 Å². The number of aliphatic imine (C=N–C) groups is 1. The van der Waals surface area contributed by atoms with Crippen LogP contribution in [-0.2, 0) is 0 Å². The molecule has 2 N–H and O–H groups in total. The molecule has 11 heteroatoms. The molecular weight excluding hydrogens is 465 g/mol. The van der Waals surface area contributed by atoms with E-state index in [1.165, 1.54) is 22.7 Å². The Bertz CT molecular complexity index is 1250. The summed E-state index contributed by atoms with van der Waals surface area (Å²) in [5.41, 5.74) is 1.90. The zero-order chi connectivity index (χ0) is 21.3. The van der Waals surface area contributed by atoms with Crippen molar-refractivity contribution in [3.05, 3.63) is 56.2 Å². The summed E-state index contributed by atoms with van der Waals surface area (Å²) in [4.78, 5) is 18.8. The van der Waals surface area contributed by atoms with Crippen molar-refractivity contribution in [3.8, 4) is 26.9 Å². The molecule has 0 saturated carbocycles. The van der Waals surface area contributed by atoms with Gasteiger partial charge in [-0.1, -0.05) is 29.3 Å². The number of benzene rings is 1. The fourth-order valence-corrected chi connectivity index (χ4v) is 4.84. The molecule has 0 aliphatic heterocycles. The topological polar surface area (TPSA) is 104 Å². The van der Waals surface area contributed by atoms with Crippen molar-refractivity contribution in [2.24, 2.45) is 4.99 Å². The van der Waals surface area contributed by atoms with Crippen LogP contribution >= 0.6 is 45.9 Å². The number of tetrazole rings is 1. The number of carbonyl (C=O) groups excluding carboxylic acids is 1. The smallest absolute Gasteiger partial charge is 0.214 e. The highest BCUT2D eigenvalue weighted by Crippen LogP contribution is 2.40. The zero-order valence-electron chi connectivity index (χ0n) is 15.4. The number of thiophene rings is 2. The molecule has 7 nitrogen and oxygen atoms in total. The van der Waals surface area contributed by atoms with Gasteiger partial charge in [0.15, 0.2) is 5.78 Å². The highest BCUT2D eigenvalue weighted by molar-refractivity contribution is 7.17. The van der Waals surface area contributed by atoms with Crippen molar-refractivity contribution in [1.82, 2.24) is 20.6 Å². The highest BCUT2D eigenvalue weighted by Gasteiger charge is 2.17. The van der Waals surface area contributed by atoms with Crippen LogP contribution in [-0.4, -0.2) is 43.8 Å². The van der Waals surface area contributed by atoms with Crippen LogP contribution in [0.25, 0.3) is 21.1 Å². The Balaban J connectivity index is 1.50. The van der Waals surface area contributed by atoms with Crippen LogP contribution in [0, 0.1) is 0 Å². The normalized spacial score (nSPS) is 11.8. The number of H-pyrrole nitrogens is 1. The molecule has 0 atom stereocenters.